The van der Waals surface area contributed by atoms with Crippen molar-refractivity contribution in [3.05, 3.63) is 12.7 Å². The molecule has 0 saturated heterocycles. The van der Waals surface area contributed by atoms with Crippen molar-refractivity contribution in [1.29, 1.82) is 0 Å². The predicted octanol–water partition coefficient (Wildman–Crippen LogP) is 1.25. The second-order valence-corrected chi connectivity index (χ2v) is 1.75. The first kappa shape index (κ1) is 6.40. The maximum Gasteiger partial charge on any atom is 0.0244 e. The Morgan fingerprint density at radius 2 is 2.67 bits per heavy atom. The van der Waals surface area contributed by atoms with Crippen LogP contribution in [0.5, 0.6) is 0 Å². The molecule has 0 aromatic rings. The molecule has 0 spiro atoms. The molecular formula is C3H7NS2. The van der Waals surface area contributed by atoms with Crippen molar-refractivity contribution >= 4 is 22.6 Å². The average molecular weight is 121 g/mol. The third-order valence-electron chi connectivity index (χ3n) is 0.292. The molecule has 3 heteroatoms. The van der Waals surface area contributed by atoms with E-state index in [0.717, 1.165) is 6.54 Å². The Morgan fingerprint density at radius 3 is 2.83 bits per heavy atom. The molecule has 1 nitrogen and oxygen atoms in total. The fourth-order valence-electron chi connectivity index (χ4n) is 0.0962. The Bertz CT molecular complexity index is 37.8. The SMILES string of the molecule is C=CCNSS. The molecule has 0 unspecified atom stereocenters. The lowest BCUT2D eigenvalue weighted by atomic mass is 10.7. The van der Waals surface area contributed by atoms with Crippen molar-refractivity contribution < 1.29 is 0 Å². The van der Waals surface area contributed by atoms with Gasteiger partial charge in [-0.25, -0.2) is 0 Å². The summed E-state index contributed by atoms with van der Waals surface area (Å²) < 4.78 is 2.86. The van der Waals surface area contributed by atoms with Gasteiger partial charge in [0.1, 0.15) is 0 Å². The van der Waals surface area contributed by atoms with E-state index in [2.05, 4.69) is 23.0 Å². The maximum absolute atomic E-state index is 3.81. The summed E-state index contributed by atoms with van der Waals surface area (Å²) in [6.07, 6.45) is 1.78. The highest BCUT2D eigenvalue weighted by atomic mass is 33.1. The summed E-state index contributed by atoms with van der Waals surface area (Å²) in [5, 5.41) is 0. The lowest BCUT2D eigenvalue weighted by molar-refractivity contribution is 1.14. The Morgan fingerprint density at radius 1 is 2.00 bits per heavy atom. The topological polar surface area (TPSA) is 12.0 Å². The van der Waals surface area contributed by atoms with Gasteiger partial charge in [-0.2, -0.15) is 0 Å². The molecule has 1 N–H and O–H groups in total. The van der Waals surface area contributed by atoms with Crippen molar-refractivity contribution in [3.8, 4) is 0 Å². The zero-order valence-corrected chi connectivity index (χ0v) is 5.06. The molecule has 0 aliphatic heterocycles. The molecule has 36 valence electrons. The summed E-state index contributed by atoms with van der Waals surface area (Å²) >= 11 is 3.81. The van der Waals surface area contributed by atoms with Crippen LogP contribution < -0.4 is 4.72 Å². The average Bonchev–Trinajstić information content (AvgIpc) is 1.61. The van der Waals surface area contributed by atoms with Gasteiger partial charge in [-0.1, -0.05) is 17.7 Å². The lowest BCUT2D eigenvalue weighted by Gasteiger charge is -1.86. The van der Waals surface area contributed by atoms with E-state index >= 15 is 0 Å². The summed E-state index contributed by atoms with van der Waals surface area (Å²) in [7, 11) is 1.30. The van der Waals surface area contributed by atoms with Crippen molar-refractivity contribution in [2.24, 2.45) is 0 Å². The Balaban J connectivity index is 2.49. The predicted molar refractivity (Wildman–Crippen MR) is 34.8 cm³/mol. The summed E-state index contributed by atoms with van der Waals surface area (Å²) in [6, 6.07) is 0. The van der Waals surface area contributed by atoms with Crippen LogP contribution in [0.25, 0.3) is 0 Å². The molecule has 0 heterocycles. The van der Waals surface area contributed by atoms with Gasteiger partial charge in [0.15, 0.2) is 0 Å². The molecule has 0 atom stereocenters. The molecule has 0 bridgehead atoms. The van der Waals surface area contributed by atoms with Gasteiger partial charge in [-0.05, 0) is 11.0 Å². The number of rotatable bonds is 3. The molecule has 6 heavy (non-hydrogen) atoms. The Hall–Kier alpha value is 0.400. The van der Waals surface area contributed by atoms with Crippen LogP contribution in [0.15, 0.2) is 12.7 Å². The maximum atomic E-state index is 3.81. The highest BCUT2D eigenvalue weighted by Gasteiger charge is 1.68. The molecule has 0 radical (unpaired) electrons. The van der Waals surface area contributed by atoms with Crippen LogP contribution in [0.3, 0.4) is 0 Å². The molecule has 0 rings (SSSR count). The fraction of sp³-hybridized carbons (Fsp3) is 0.333. The minimum atomic E-state index is 0.814. The zero-order chi connectivity index (χ0) is 4.83. The number of hydrogen-bond acceptors (Lipinski definition) is 3. The summed E-state index contributed by atoms with van der Waals surface area (Å²) in [6.45, 7) is 4.30. The molecular weight excluding hydrogens is 114 g/mol. The van der Waals surface area contributed by atoms with E-state index in [0.29, 0.717) is 0 Å². The van der Waals surface area contributed by atoms with E-state index < -0.39 is 0 Å². The van der Waals surface area contributed by atoms with Gasteiger partial charge in [0.05, 0.1) is 0 Å². The van der Waals surface area contributed by atoms with Crippen LogP contribution in [-0.2, 0) is 0 Å². The summed E-state index contributed by atoms with van der Waals surface area (Å²) in [5.41, 5.74) is 0. The van der Waals surface area contributed by atoms with Gasteiger partial charge in [0.25, 0.3) is 0 Å². The van der Waals surface area contributed by atoms with E-state index in [4.69, 9.17) is 0 Å². The number of nitrogens with one attached hydrogen (secondary N) is 1. The van der Waals surface area contributed by atoms with Crippen LogP contribution in [0.4, 0.5) is 0 Å². The van der Waals surface area contributed by atoms with E-state index in [1.54, 1.807) is 6.08 Å². The van der Waals surface area contributed by atoms with Gasteiger partial charge in [-0.3, -0.25) is 4.72 Å². The number of thiol groups is 1. The quantitative estimate of drug-likeness (QED) is 0.192. The third-order valence-corrected chi connectivity index (χ3v) is 0.975. The highest BCUT2D eigenvalue weighted by Crippen LogP contribution is 1.94. The zero-order valence-electron chi connectivity index (χ0n) is 3.35. The summed E-state index contributed by atoms with van der Waals surface area (Å²) in [4.78, 5) is 0. The van der Waals surface area contributed by atoms with Gasteiger partial charge >= 0.3 is 0 Å². The molecule has 0 amide bonds. The Labute approximate surface area is 47.1 Å². The fourth-order valence-corrected chi connectivity index (χ4v) is 0.512. The minimum Gasteiger partial charge on any atom is -0.251 e. The standard InChI is InChI=1S/C3H7NS2/c1-2-3-4-6-5/h2,4-5H,1,3H2. The first-order chi connectivity index (χ1) is 2.91. The van der Waals surface area contributed by atoms with Crippen LogP contribution in [0.2, 0.25) is 0 Å². The smallest absolute Gasteiger partial charge is 0.0244 e. The van der Waals surface area contributed by atoms with Gasteiger partial charge < -0.3 is 0 Å². The van der Waals surface area contributed by atoms with Gasteiger partial charge in [0, 0.05) is 6.54 Å². The molecule has 0 aliphatic carbocycles. The van der Waals surface area contributed by atoms with Crippen molar-refractivity contribution in [1.82, 2.24) is 4.72 Å². The second-order valence-electron chi connectivity index (χ2n) is 0.728. The molecule has 0 aromatic carbocycles. The summed E-state index contributed by atoms with van der Waals surface area (Å²) in [5.74, 6) is 0. The van der Waals surface area contributed by atoms with Crippen LogP contribution in [0.1, 0.15) is 0 Å². The monoisotopic (exact) mass is 121 g/mol. The van der Waals surface area contributed by atoms with Crippen molar-refractivity contribution in [2.75, 3.05) is 6.54 Å². The molecule has 0 aromatic heterocycles. The normalized spacial score (nSPS) is 8.17. The van der Waals surface area contributed by atoms with E-state index in [1.165, 1.54) is 11.0 Å². The first-order valence-electron chi connectivity index (χ1n) is 1.56. The highest BCUT2D eigenvalue weighted by molar-refractivity contribution is 8.67. The Kier molecular flexibility index (Phi) is 5.76. The molecule has 0 fully saturated rings. The van der Waals surface area contributed by atoms with Gasteiger partial charge in [-0.15, -0.1) is 6.58 Å². The molecule has 0 saturated carbocycles. The largest absolute Gasteiger partial charge is 0.251 e. The number of hydrogen-bond donors (Lipinski definition) is 2. The van der Waals surface area contributed by atoms with Crippen LogP contribution >= 0.6 is 22.6 Å². The third kappa shape index (κ3) is 4.40. The van der Waals surface area contributed by atoms with E-state index in [-0.39, 0.29) is 0 Å². The van der Waals surface area contributed by atoms with Gasteiger partial charge in [0.2, 0.25) is 0 Å². The lowest BCUT2D eigenvalue weighted by Crippen LogP contribution is -1.97. The van der Waals surface area contributed by atoms with Crippen LogP contribution in [-0.4, -0.2) is 6.54 Å². The second kappa shape index (κ2) is 5.40. The minimum absolute atomic E-state index is 0.814. The van der Waals surface area contributed by atoms with Crippen molar-refractivity contribution in [3.63, 3.8) is 0 Å². The van der Waals surface area contributed by atoms with Crippen LogP contribution in [0, 0.1) is 0 Å². The van der Waals surface area contributed by atoms with Crippen molar-refractivity contribution in [2.45, 2.75) is 0 Å². The first-order valence-corrected chi connectivity index (χ1v) is 3.43. The van der Waals surface area contributed by atoms with E-state index in [1.807, 2.05) is 0 Å². The molecule has 0 aliphatic rings. The van der Waals surface area contributed by atoms with E-state index in [9.17, 15) is 0 Å².